The number of nitrogens with zero attached hydrogens (tertiary/aromatic N) is 3. The van der Waals surface area contributed by atoms with E-state index in [9.17, 15) is 4.79 Å². The number of para-hydroxylation sites is 1. The second-order valence-electron chi connectivity index (χ2n) is 6.39. The van der Waals surface area contributed by atoms with Crippen LogP contribution in [0.2, 0.25) is 5.02 Å². The molecule has 0 unspecified atom stereocenters. The number of carbonyl (C=O) groups excluding carboxylic acids is 1. The van der Waals surface area contributed by atoms with Crippen molar-refractivity contribution >= 4 is 29.2 Å². The second-order valence-corrected chi connectivity index (χ2v) is 6.80. The monoisotopic (exact) mass is 385 g/mol. The number of guanidine groups is 1. The largest absolute Gasteiger partial charge is 0.367 e. The van der Waals surface area contributed by atoms with Gasteiger partial charge >= 0.3 is 0 Å². The summed E-state index contributed by atoms with van der Waals surface area (Å²) < 4.78 is 0. The number of halogens is 1. The highest BCUT2D eigenvalue weighted by atomic mass is 35.5. The van der Waals surface area contributed by atoms with Gasteiger partial charge in [0.1, 0.15) is 0 Å². The lowest BCUT2D eigenvalue weighted by atomic mass is 10.1. The maximum absolute atomic E-state index is 11.3. The summed E-state index contributed by atoms with van der Waals surface area (Å²) in [6.07, 6.45) is 0. The molecule has 1 amide bonds. The minimum Gasteiger partial charge on any atom is -0.367 e. The molecule has 142 valence electrons. The number of hydrogen-bond donors (Lipinski definition) is 2. The molecule has 7 heteroatoms. The maximum Gasteiger partial charge on any atom is 0.248 e. The minimum absolute atomic E-state index is 0.420. The van der Waals surface area contributed by atoms with Crippen molar-refractivity contribution in [2.75, 3.05) is 38.1 Å². The van der Waals surface area contributed by atoms with Crippen LogP contribution < -0.4 is 16.0 Å². The Morgan fingerprint density at radius 2 is 1.89 bits per heavy atom. The lowest BCUT2D eigenvalue weighted by molar-refractivity contribution is 0.1000. The molecule has 1 heterocycles. The molecule has 1 saturated heterocycles. The summed E-state index contributed by atoms with van der Waals surface area (Å²) in [5.74, 6) is 0.426. The van der Waals surface area contributed by atoms with E-state index in [0.29, 0.717) is 12.1 Å². The number of nitrogens with one attached hydrogen (secondary N) is 1. The maximum atomic E-state index is 11.3. The molecule has 3 N–H and O–H groups in total. The number of benzene rings is 2. The fraction of sp³-hybridized carbons (Fsp3) is 0.300. The first kappa shape index (κ1) is 19.0. The Morgan fingerprint density at radius 3 is 2.56 bits per heavy atom. The molecule has 0 atom stereocenters. The van der Waals surface area contributed by atoms with Gasteiger partial charge in [-0.25, -0.2) is 0 Å². The Kier molecular flexibility index (Phi) is 6.19. The van der Waals surface area contributed by atoms with E-state index in [2.05, 4.69) is 26.2 Å². The molecule has 2 aromatic carbocycles. The Hall–Kier alpha value is -2.73. The van der Waals surface area contributed by atoms with Gasteiger partial charge in [0.15, 0.2) is 5.96 Å². The average Bonchev–Trinajstić information content (AvgIpc) is 2.69. The zero-order chi connectivity index (χ0) is 19.2. The first-order valence-corrected chi connectivity index (χ1v) is 9.30. The molecular formula is C20H24ClN5O. The molecule has 0 aliphatic carbocycles. The third-order valence-corrected chi connectivity index (χ3v) is 4.97. The predicted octanol–water partition coefficient (Wildman–Crippen LogP) is 2.34. The molecule has 0 radical (unpaired) electrons. The third kappa shape index (κ3) is 4.71. The van der Waals surface area contributed by atoms with Crippen molar-refractivity contribution < 1.29 is 4.79 Å². The number of carbonyl (C=O) groups is 1. The van der Waals surface area contributed by atoms with E-state index >= 15 is 0 Å². The number of nitrogens with two attached hydrogens (primary N) is 1. The van der Waals surface area contributed by atoms with Crippen LogP contribution in [0.4, 0.5) is 5.69 Å². The lowest BCUT2D eigenvalue weighted by Gasteiger charge is -2.38. The molecule has 3 rings (SSSR count). The van der Waals surface area contributed by atoms with Crippen molar-refractivity contribution in [3.05, 3.63) is 64.7 Å². The van der Waals surface area contributed by atoms with Crippen LogP contribution in [0.25, 0.3) is 0 Å². The molecule has 0 spiro atoms. The van der Waals surface area contributed by atoms with Gasteiger partial charge in [-0.2, -0.15) is 0 Å². The van der Waals surface area contributed by atoms with Gasteiger partial charge in [-0.1, -0.05) is 35.9 Å². The number of anilines is 1. The molecule has 1 aliphatic heterocycles. The first-order valence-electron chi connectivity index (χ1n) is 8.92. The topological polar surface area (TPSA) is 74.0 Å². The van der Waals surface area contributed by atoms with Crippen molar-refractivity contribution in [3.8, 4) is 0 Å². The molecule has 27 heavy (non-hydrogen) atoms. The second kappa shape index (κ2) is 8.77. The van der Waals surface area contributed by atoms with E-state index in [1.54, 1.807) is 19.2 Å². The molecule has 2 aromatic rings. The molecule has 0 aromatic heterocycles. The lowest BCUT2D eigenvalue weighted by Crippen LogP contribution is -2.52. The van der Waals surface area contributed by atoms with Crippen LogP contribution in [0.15, 0.2) is 53.5 Å². The summed E-state index contributed by atoms with van der Waals surface area (Å²) in [4.78, 5) is 20.2. The quantitative estimate of drug-likeness (QED) is 0.625. The molecule has 0 bridgehead atoms. The van der Waals surface area contributed by atoms with Gasteiger partial charge in [0.05, 0.1) is 10.7 Å². The van der Waals surface area contributed by atoms with E-state index in [0.717, 1.165) is 48.4 Å². The Labute approximate surface area is 164 Å². The molecule has 1 fully saturated rings. The van der Waals surface area contributed by atoms with Gasteiger partial charge in [-0.05, 0) is 29.8 Å². The fourth-order valence-corrected chi connectivity index (χ4v) is 3.47. The smallest absolute Gasteiger partial charge is 0.248 e. The summed E-state index contributed by atoms with van der Waals surface area (Å²) in [7, 11) is 1.78. The van der Waals surface area contributed by atoms with Crippen LogP contribution in [-0.4, -0.2) is 50.0 Å². The van der Waals surface area contributed by atoms with Gasteiger partial charge in [0.25, 0.3) is 0 Å². The van der Waals surface area contributed by atoms with E-state index in [-0.39, 0.29) is 0 Å². The SMILES string of the molecule is CN=C(NCc1cccc(C(N)=O)c1)N1CCN(c2ccccc2Cl)CC1. The van der Waals surface area contributed by atoms with Crippen molar-refractivity contribution in [1.82, 2.24) is 10.2 Å². The Bertz CT molecular complexity index is 831. The minimum atomic E-state index is -0.420. The highest BCUT2D eigenvalue weighted by Crippen LogP contribution is 2.26. The number of piperazine rings is 1. The Morgan fingerprint density at radius 1 is 1.15 bits per heavy atom. The average molecular weight is 386 g/mol. The summed E-state index contributed by atoms with van der Waals surface area (Å²) in [5.41, 5.74) is 7.92. The van der Waals surface area contributed by atoms with Crippen LogP contribution in [-0.2, 0) is 6.54 Å². The summed E-state index contributed by atoms with van der Waals surface area (Å²) in [6, 6.07) is 15.2. The zero-order valence-corrected chi connectivity index (χ0v) is 16.1. The highest BCUT2D eigenvalue weighted by molar-refractivity contribution is 6.33. The van der Waals surface area contributed by atoms with Gasteiger partial charge < -0.3 is 20.9 Å². The van der Waals surface area contributed by atoms with Crippen LogP contribution in [0, 0.1) is 0 Å². The molecular weight excluding hydrogens is 362 g/mol. The summed E-state index contributed by atoms with van der Waals surface area (Å²) in [5, 5.41) is 4.15. The van der Waals surface area contributed by atoms with E-state index in [4.69, 9.17) is 17.3 Å². The summed E-state index contributed by atoms with van der Waals surface area (Å²) >= 11 is 6.31. The van der Waals surface area contributed by atoms with Gasteiger partial charge in [0.2, 0.25) is 5.91 Å². The van der Waals surface area contributed by atoms with Crippen molar-refractivity contribution in [2.24, 2.45) is 10.7 Å². The third-order valence-electron chi connectivity index (χ3n) is 4.65. The number of rotatable bonds is 4. The molecule has 6 nitrogen and oxygen atoms in total. The van der Waals surface area contributed by atoms with Crippen molar-refractivity contribution in [2.45, 2.75) is 6.54 Å². The number of aliphatic imine (C=N–C) groups is 1. The van der Waals surface area contributed by atoms with E-state index in [1.165, 1.54) is 0 Å². The first-order chi connectivity index (χ1) is 13.1. The van der Waals surface area contributed by atoms with E-state index < -0.39 is 5.91 Å². The van der Waals surface area contributed by atoms with Crippen molar-refractivity contribution in [3.63, 3.8) is 0 Å². The zero-order valence-electron chi connectivity index (χ0n) is 15.4. The fourth-order valence-electron chi connectivity index (χ4n) is 3.22. The highest BCUT2D eigenvalue weighted by Gasteiger charge is 2.21. The summed E-state index contributed by atoms with van der Waals surface area (Å²) in [6.45, 7) is 4.04. The number of hydrogen-bond acceptors (Lipinski definition) is 3. The van der Waals surface area contributed by atoms with Crippen LogP contribution in [0.3, 0.4) is 0 Å². The van der Waals surface area contributed by atoms with Crippen LogP contribution >= 0.6 is 11.6 Å². The number of amides is 1. The number of primary amides is 1. The van der Waals surface area contributed by atoms with Gasteiger partial charge in [-0.15, -0.1) is 0 Å². The van der Waals surface area contributed by atoms with Gasteiger partial charge in [0, 0.05) is 45.3 Å². The van der Waals surface area contributed by atoms with E-state index in [1.807, 2.05) is 30.3 Å². The Balaban J connectivity index is 1.57. The molecule has 0 saturated carbocycles. The normalized spacial score (nSPS) is 15.0. The van der Waals surface area contributed by atoms with Gasteiger partial charge in [-0.3, -0.25) is 9.79 Å². The van der Waals surface area contributed by atoms with Crippen LogP contribution in [0.5, 0.6) is 0 Å². The van der Waals surface area contributed by atoms with Crippen molar-refractivity contribution in [1.29, 1.82) is 0 Å². The standard InChI is InChI=1S/C20H24ClN5O/c1-23-20(24-14-15-5-4-6-16(13-15)19(22)27)26-11-9-25(10-12-26)18-8-3-2-7-17(18)21/h2-8,13H,9-12,14H2,1H3,(H2,22,27)(H,23,24). The van der Waals surface area contributed by atoms with Crippen LogP contribution in [0.1, 0.15) is 15.9 Å². The molecule has 1 aliphatic rings. The predicted molar refractivity (Wildman–Crippen MR) is 110 cm³/mol.